The number of nitrogens with zero attached hydrogens (tertiary/aromatic N) is 1. The summed E-state index contributed by atoms with van der Waals surface area (Å²) < 4.78 is 0. The van der Waals surface area contributed by atoms with Gasteiger partial charge in [-0.05, 0) is 24.7 Å². The molecular formula is C11H14N2OS. The average molecular weight is 222 g/mol. The molecular weight excluding hydrogens is 208 g/mol. The number of pyridine rings is 1. The predicted molar refractivity (Wildman–Crippen MR) is 63.6 cm³/mol. The molecule has 15 heavy (non-hydrogen) atoms. The average Bonchev–Trinajstić information content (AvgIpc) is 2.31. The molecule has 1 aromatic heterocycles. The van der Waals surface area contributed by atoms with Crippen LogP contribution < -0.4 is 5.32 Å². The summed E-state index contributed by atoms with van der Waals surface area (Å²) in [5, 5.41) is 3.41. The summed E-state index contributed by atoms with van der Waals surface area (Å²) in [5.41, 5.74) is 1.56. The molecule has 1 aromatic rings. The van der Waals surface area contributed by atoms with Gasteiger partial charge in [0.2, 0.25) is 0 Å². The number of aldehydes is 1. The molecule has 80 valence electrons. The molecule has 0 spiro atoms. The van der Waals surface area contributed by atoms with Gasteiger partial charge in [0.1, 0.15) is 0 Å². The molecule has 1 fully saturated rings. The van der Waals surface area contributed by atoms with Crippen molar-refractivity contribution < 1.29 is 4.79 Å². The van der Waals surface area contributed by atoms with Crippen molar-refractivity contribution in [3.8, 4) is 0 Å². The number of nitrogens with one attached hydrogen (secondary N) is 1. The predicted octanol–water partition coefficient (Wildman–Crippen LogP) is 2.20. The maximum Gasteiger partial charge on any atom is 0.153 e. The number of hydrogen-bond donors (Lipinski definition) is 1. The van der Waals surface area contributed by atoms with Crippen molar-refractivity contribution in [3.05, 3.63) is 24.0 Å². The van der Waals surface area contributed by atoms with Crippen molar-refractivity contribution in [1.29, 1.82) is 0 Å². The number of rotatable bonds is 3. The Kier molecular flexibility index (Phi) is 3.61. The highest BCUT2D eigenvalue weighted by atomic mass is 32.2. The number of carbonyl (C=O) groups is 1. The van der Waals surface area contributed by atoms with Gasteiger partial charge in [0.25, 0.3) is 0 Å². The third-order valence-corrected chi connectivity index (χ3v) is 3.71. The van der Waals surface area contributed by atoms with Gasteiger partial charge in [0.05, 0.1) is 5.56 Å². The van der Waals surface area contributed by atoms with Crippen molar-refractivity contribution in [2.45, 2.75) is 18.9 Å². The van der Waals surface area contributed by atoms with Crippen LogP contribution in [0.25, 0.3) is 0 Å². The Morgan fingerprint density at radius 2 is 2.53 bits per heavy atom. The lowest BCUT2D eigenvalue weighted by Crippen LogP contribution is -2.26. The molecule has 2 rings (SSSR count). The SMILES string of the molecule is O=Cc1cnccc1NC1CCCSC1. The van der Waals surface area contributed by atoms with Gasteiger partial charge in [0, 0.05) is 29.9 Å². The van der Waals surface area contributed by atoms with Crippen LogP contribution in [0.1, 0.15) is 23.2 Å². The second-order valence-corrected chi connectivity index (χ2v) is 4.79. The van der Waals surface area contributed by atoms with Crippen LogP contribution in [0, 0.1) is 0 Å². The van der Waals surface area contributed by atoms with E-state index in [9.17, 15) is 4.79 Å². The van der Waals surface area contributed by atoms with Crippen molar-refractivity contribution in [2.75, 3.05) is 16.8 Å². The smallest absolute Gasteiger partial charge is 0.153 e. The maximum atomic E-state index is 10.8. The van der Waals surface area contributed by atoms with Crippen molar-refractivity contribution in [1.82, 2.24) is 4.98 Å². The number of thioether (sulfide) groups is 1. The fraction of sp³-hybridized carbons (Fsp3) is 0.455. The molecule has 4 heteroatoms. The quantitative estimate of drug-likeness (QED) is 0.796. The molecule has 1 N–H and O–H groups in total. The number of hydrogen-bond acceptors (Lipinski definition) is 4. The lowest BCUT2D eigenvalue weighted by Gasteiger charge is -2.23. The van der Waals surface area contributed by atoms with Gasteiger partial charge in [-0.3, -0.25) is 9.78 Å². The summed E-state index contributed by atoms with van der Waals surface area (Å²) in [7, 11) is 0. The fourth-order valence-electron chi connectivity index (χ4n) is 1.71. The van der Waals surface area contributed by atoms with Crippen LogP contribution in [0.2, 0.25) is 0 Å². The number of carbonyl (C=O) groups excluding carboxylic acids is 1. The van der Waals surface area contributed by atoms with E-state index in [1.54, 1.807) is 12.4 Å². The molecule has 0 amide bonds. The summed E-state index contributed by atoms with van der Waals surface area (Å²) >= 11 is 1.97. The van der Waals surface area contributed by atoms with Crippen LogP contribution in [0.4, 0.5) is 5.69 Å². The zero-order valence-corrected chi connectivity index (χ0v) is 9.30. The van der Waals surface area contributed by atoms with E-state index in [1.165, 1.54) is 18.6 Å². The number of anilines is 1. The van der Waals surface area contributed by atoms with Crippen molar-refractivity contribution in [2.24, 2.45) is 0 Å². The van der Waals surface area contributed by atoms with Gasteiger partial charge >= 0.3 is 0 Å². The minimum atomic E-state index is 0.491. The lowest BCUT2D eigenvalue weighted by molar-refractivity contribution is 0.112. The highest BCUT2D eigenvalue weighted by Crippen LogP contribution is 2.21. The van der Waals surface area contributed by atoms with Crippen LogP contribution in [0.5, 0.6) is 0 Å². The summed E-state index contributed by atoms with van der Waals surface area (Å²) in [4.78, 5) is 14.7. The Morgan fingerprint density at radius 3 is 3.27 bits per heavy atom. The molecule has 1 aliphatic heterocycles. The van der Waals surface area contributed by atoms with Crippen LogP contribution in [-0.4, -0.2) is 28.8 Å². The van der Waals surface area contributed by atoms with Gasteiger partial charge in [-0.1, -0.05) is 0 Å². The Bertz CT molecular complexity index is 337. The molecule has 3 nitrogen and oxygen atoms in total. The molecule has 0 bridgehead atoms. The van der Waals surface area contributed by atoms with Crippen LogP contribution in [-0.2, 0) is 0 Å². The first kappa shape index (κ1) is 10.5. The largest absolute Gasteiger partial charge is 0.381 e. The first-order valence-corrected chi connectivity index (χ1v) is 6.29. The number of aromatic nitrogens is 1. The molecule has 1 aliphatic rings. The zero-order valence-electron chi connectivity index (χ0n) is 8.48. The standard InChI is InChI=1S/C11H14N2OS/c14-7-9-6-12-4-3-11(9)13-10-2-1-5-15-8-10/h3-4,6-7,10H,1-2,5,8H2,(H,12,13). The molecule has 1 unspecified atom stereocenters. The van der Waals surface area contributed by atoms with E-state index in [-0.39, 0.29) is 0 Å². The zero-order chi connectivity index (χ0) is 10.5. The fourth-order valence-corrected chi connectivity index (χ4v) is 2.78. The Hall–Kier alpha value is -1.03. The summed E-state index contributed by atoms with van der Waals surface area (Å²) in [6.07, 6.45) is 6.61. The lowest BCUT2D eigenvalue weighted by atomic mass is 10.1. The maximum absolute atomic E-state index is 10.8. The Morgan fingerprint density at radius 1 is 1.60 bits per heavy atom. The van der Waals surface area contributed by atoms with Gasteiger partial charge < -0.3 is 5.32 Å². The Labute approximate surface area is 93.7 Å². The van der Waals surface area contributed by atoms with E-state index >= 15 is 0 Å². The second kappa shape index (κ2) is 5.16. The minimum Gasteiger partial charge on any atom is -0.381 e. The molecule has 2 heterocycles. The third kappa shape index (κ3) is 2.72. The summed E-state index contributed by atoms with van der Waals surface area (Å²) in [5.74, 6) is 2.38. The highest BCUT2D eigenvalue weighted by molar-refractivity contribution is 7.99. The van der Waals surface area contributed by atoms with Gasteiger partial charge in [-0.2, -0.15) is 11.8 Å². The normalized spacial score (nSPS) is 20.9. The first-order valence-electron chi connectivity index (χ1n) is 5.13. The topological polar surface area (TPSA) is 42.0 Å². The monoisotopic (exact) mass is 222 g/mol. The second-order valence-electron chi connectivity index (χ2n) is 3.64. The molecule has 1 atom stereocenters. The van der Waals surface area contributed by atoms with Gasteiger partial charge in [-0.25, -0.2) is 0 Å². The highest BCUT2D eigenvalue weighted by Gasteiger charge is 2.14. The van der Waals surface area contributed by atoms with Crippen molar-refractivity contribution >= 4 is 23.7 Å². The van der Waals surface area contributed by atoms with Gasteiger partial charge in [0.15, 0.2) is 6.29 Å². The van der Waals surface area contributed by atoms with Crippen LogP contribution in [0.3, 0.4) is 0 Å². The molecule has 0 aliphatic carbocycles. The molecule has 1 saturated heterocycles. The van der Waals surface area contributed by atoms with Gasteiger partial charge in [-0.15, -0.1) is 0 Å². The van der Waals surface area contributed by atoms with E-state index in [1.807, 2.05) is 17.8 Å². The molecule has 0 saturated carbocycles. The van der Waals surface area contributed by atoms with Crippen LogP contribution in [0.15, 0.2) is 18.5 Å². The van der Waals surface area contributed by atoms with Crippen molar-refractivity contribution in [3.63, 3.8) is 0 Å². The molecule has 0 radical (unpaired) electrons. The Balaban J connectivity index is 2.05. The first-order chi connectivity index (χ1) is 7.40. The molecule has 0 aromatic carbocycles. The van der Waals surface area contributed by atoms with E-state index < -0.39 is 0 Å². The summed E-state index contributed by atoms with van der Waals surface area (Å²) in [6.45, 7) is 0. The van der Waals surface area contributed by atoms with E-state index in [0.717, 1.165) is 17.7 Å². The summed E-state index contributed by atoms with van der Waals surface area (Å²) in [6, 6.07) is 2.35. The van der Waals surface area contributed by atoms with E-state index in [0.29, 0.717) is 11.6 Å². The van der Waals surface area contributed by atoms with E-state index in [2.05, 4.69) is 10.3 Å². The van der Waals surface area contributed by atoms with E-state index in [4.69, 9.17) is 0 Å². The van der Waals surface area contributed by atoms with Crippen LogP contribution >= 0.6 is 11.8 Å². The minimum absolute atomic E-state index is 0.491. The third-order valence-electron chi connectivity index (χ3n) is 2.50.